The Bertz CT molecular complexity index is 527. The van der Waals surface area contributed by atoms with Gasteiger partial charge >= 0.3 is 5.97 Å². The summed E-state index contributed by atoms with van der Waals surface area (Å²) >= 11 is 6.27. The SMILES string of the molecule is CCOc1cc(C)c(Cl)cc1C(CC)CC1CC1C(=O)O. The van der Waals surface area contributed by atoms with E-state index in [1.807, 2.05) is 26.0 Å². The molecule has 21 heavy (non-hydrogen) atoms. The molecule has 3 atom stereocenters. The quantitative estimate of drug-likeness (QED) is 0.797. The molecule has 0 amide bonds. The first-order valence-corrected chi connectivity index (χ1v) is 8.01. The minimum Gasteiger partial charge on any atom is -0.494 e. The van der Waals surface area contributed by atoms with Gasteiger partial charge in [-0.2, -0.15) is 0 Å². The number of ether oxygens (including phenoxy) is 1. The van der Waals surface area contributed by atoms with Crippen LogP contribution in [0.1, 0.15) is 50.2 Å². The first-order valence-electron chi connectivity index (χ1n) is 7.63. The summed E-state index contributed by atoms with van der Waals surface area (Å²) in [7, 11) is 0. The minimum atomic E-state index is -0.665. The molecule has 0 radical (unpaired) electrons. The Kier molecular flexibility index (Phi) is 5.15. The van der Waals surface area contributed by atoms with Crippen LogP contribution in [0.4, 0.5) is 0 Å². The van der Waals surface area contributed by atoms with Crippen LogP contribution in [0.15, 0.2) is 12.1 Å². The lowest BCUT2D eigenvalue weighted by molar-refractivity contribution is -0.138. The standard InChI is InChI=1S/C17H23ClO3/c1-4-11(7-12-8-14(12)17(19)20)13-9-15(18)10(3)6-16(13)21-5-2/h6,9,11-12,14H,4-5,7-8H2,1-3H3,(H,19,20). The van der Waals surface area contributed by atoms with Gasteiger partial charge in [-0.05, 0) is 68.2 Å². The summed E-state index contributed by atoms with van der Waals surface area (Å²) in [5.74, 6) is 0.664. The molecule has 0 aliphatic heterocycles. The summed E-state index contributed by atoms with van der Waals surface area (Å²) in [6.45, 7) is 6.69. The second-order valence-corrected chi connectivity index (χ2v) is 6.26. The number of benzene rings is 1. The van der Waals surface area contributed by atoms with E-state index >= 15 is 0 Å². The van der Waals surface area contributed by atoms with Gasteiger partial charge in [0.05, 0.1) is 12.5 Å². The summed E-state index contributed by atoms with van der Waals surface area (Å²) in [6.07, 6.45) is 2.66. The van der Waals surface area contributed by atoms with Crippen LogP contribution in [0.5, 0.6) is 5.75 Å². The zero-order valence-corrected chi connectivity index (χ0v) is 13.6. The fourth-order valence-corrected chi connectivity index (χ4v) is 3.13. The normalized spacial score (nSPS) is 21.9. The first kappa shape index (κ1) is 16.2. The Balaban J connectivity index is 2.20. The predicted octanol–water partition coefficient (Wildman–Crippen LogP) is 4.65. The van der Waals surface area contributed by atoms with Crippen molar-refractivity contribution in [2.75, 3.05) is 6.61 Å². The molecule has 0 saturated heterocycles. The van der Waals surface area contributed by atoms with Crippen LogP contribution in [0.2, 0.25) is 5.02 Å². The Morgan fingerprint density at radius 3 is 2.71 bits per heavy atom. The molecule has 1 aliphatic carbocycles. The van der Waals surface area contributed by atoms with Gasteiger partial charge in [0.25, 0.3) is 0 Å². The number of halogens is 1. The highest BCUT2D eigenvalue weighted by molar-refractivity contribution is 6.31. The maximum atomic E-state index is 11.0. The summed E-state index contributed by atoms with van der Waals surface area (Å²) in [5, 5.41) is 9.80. The van der Waals surface area contributed by atoms with Gasteiger partial charge < -0.3 is 9.84 Å². The van der Waals surface area contributed by atoms with Gasteiger partial charge in [-0.1, -0.05) is 18.5 Å². The van der Waals surface area contributed by atoms with Crippen molar-refractivity contribution in [3.05, 3.63) is 28.3 Å². The van der Waals surface area contributed by atoms with E-state index in [2.05, 4.69) is 6.92 Å². The molecule has 1 aromatic rings. The van der Waals surface area contributed by atoms with E-state index in [1.54, 1.807) is 0 Å². The molecule has 1 saturated carbocycles. The lowest BCUT2D eigenvalue weighted by Gasteiger charge is -2.20. The van der Waals surface area contributed by atoms with Gasteiger partial charge in [-0.15, -0.1) is 0 Å². The third-order valence-corrected chi connectivity index (χ3v) is 4.76. The molecule has 0 bridgehead atoms. The van der Waals surface area contributed by atoms with Crippen molar-refractivity contribution in [2.45, 2.75) is 46.0 Å². The highest BCUT2D eigenvalue weighted by Gasteiger charge is 2.44. The number of hydrogen-bond donors (Lipinski definition) is 1. The molecule has 2 rings (SSSR count). The first-order chi connectivity index (χ1) is 9.97. The highest BCUT2D eigenvalue weighted by atomic mass is 35.5. The molecule has 0 spiro atoms. The molecular weight excluding hydrogens is 288 g/mol. The van der Waals surface area contributed by atoms with Crippen molar-refractivity contribution in [3.63, 3.8) is 0 Å². The smallest absolute Gasteiger partial charge is 0.306 e. The number of hydrogen-bond acceptors (Lipinski definition) is 2. The Labute approximate surface area is 131 Å². The molecule has 3 unspecified atom stereocenters. The van der Waals surface area contributed by atoms with Gasteiger partial charge in [0, 0.05) is 5.02 Å². The van der Waals surface area contributed by atoms with E-state index in [0.717, 1.165) is 41.2 Å². The molecule has 1 aromatic carbocycles. The third kappa shape index (κ3) is 3.70. The maximum Gasteiger partial charge on any atom is 0.306 e. The molecule has 116 valence electrons. The summed E-state index contributed by atoms with van der Waals surface area (Å²) in [4.78, 5) is 11.0. The lowest BCUT2D eigenvalue weighted by atomic mass is 9.89. The van der Waals surface area contributed by atoms with E-state index in [-0.39, 0.29) is 5.92 Å². The van der Waals surface area contributed by atoms with Gasteiger partial charge in [0.2, 0.25) is 0 Å². The molecule has 1 aliphatic rings. The van der Waals surface area contributed by atoms with Crippen molar-refractivity contribution in [3.8, 4) is 5.75 Å². The van der Waals surface area contributed by atoms with Crippen LogP contribution in [0.3, 0.4) is 0 Å². The van der Waals surface area contributed by atoms with Crippen LogP contribution in [-0.2, 0) is 4.79 Å². The fourth-order valence-electron chi connectivity index (χ4n) is 2.96. The average molecular weight is 311 g/mol. The average Bonchev–Trinajstić information content (AvgIpc) is 3.20. The molecule has 4 heteroatoms. The number of carboxylic acids is 1. The fraction of sp³-hybridized carbons (Fsp3) is 0.588. The van der Waals surface area contributed by atoms with Crippen molar-refractivity contribution >= 4 is 17.6 Å². The Morgan fingerprint density at radius 2 is 2.19 bits per heavy atom. The van der Waals surface area contributed by atoms with E-state index in [9.17, 15) is 4.79 Å². The largest absolute Gasteiger partial charge is 0.494 e. The van der Waals surface area contributed by atoms with Gasteiger partial charge in [-0.3, -0.25) is 4.79 Å². The summed E-state index contributed by atoms with van der Waals surface area (Å²) in [6, 6.07) is 3.99. The van der Waals surface area contributed by atoms with E-state index in [0.29, 0.717) is 18.4 Å². The number of aliphatic carboxylic acids is 1. The van der Waals surface area contributed by atoms with Crippen LogP contribution in [-0.4, -0.2) is 17.7 Å². The third-order valence-electron chi connectivity index (χ3n) is 4.35. The zero-order chi connectivity index (χ0) is 15.6. The van der Waals surface area contributed by atoms with Crippen molar-refractivity contribution in [2.24, 2.45) is 11.8 Å². The molecule has 0 aromatic heterocycles. The van der Waals surface area contributed by atoms with Crippen molar-refractivity contribution < 1.29 is 14.6 Å². The molecule has 0 heterocycles. The van der Waals surface area contributed by atoms with Gasteiger partial charge in [0.15, 0.2) is 0 Å². The van der Waals surface area contributed by atoms with Crippen LogP contribution in [0, 0.1) is 18.8 Å². The Hall–Kier alpha value is -1.22. The zero-order valence-electron chi connectivity index (χ0n) is 12.9. The number of carboxylic acid groups (broad SMARTS) is 1. The topological polar surface area (TPSA) is 46.5 Å². The van der Waals surface area contributed by atoms with E-state index in [1.165, 1.54) is 0 Å². The van der Waals surface area contributed by atoms with E-state index < -0.39 is 5.97 Å². The van der Waals surface area contributed by atoms with Crippen LogP contribution < -0.4 is 4.74 Å². The lowest BCUT2D eigenvalue weighted by Crippen LogP contribution is -2.06. The number of carbonyl (C=O) groups is 1. The van der Waals surface area contributed by atoms with Gasteiger partial charge in [-0.25, -0.2) is 0 Å². The molecule has 1 N–H and O–H groups in total. The maximum absolute atomic E-state index is 11.0. The molecular formula is C17H23ClO3. The summed E-state index contributed by atoms with van der Waals surface area (Å²) < 4.78 is 5.76. The second kappa shape index (κ2) is 6.69. The van der Waals surface area contributed by atoms with Crippen molar-refractivity contribution in [1.29, 1.82) is 0 Å². The highest BCUT2D eigenvalue weighted by Crippen LogP contribution is 2.47. The molecule has 1 fully saturated rings. The summed E-state index contributed by atoms with van der Waals surface area (Å²) in [5.41, 5.74) is 2.12. The number of aryl methyl sites for hydroxylation is 1. The van der Waals surface area contributed by atoms with Crippen LogP contribution >= 0.6 is 11.6 Å². The number of rotatable bonds is 7. The monoisotopic (exact) mass is 310 g/mol. The second-order valence-electron chi connectivity index (χ2n) is 5.85. The van der Waals surface area contributed by atoms with Crippen molar-refractivity contribution in [1.82, 2.24) is 0 Å². The van der Waals surface area contributed by atoms with E-state index in [4.69, 9.17) is 21.4 Å². The Morgan fingerprint density at radius 1 is 1.48 bits per heavy atom. The minimum absolute atomic E-state index is 0.157. The molecule has 3 nitrogen and oxygen atoms in total. The predicted molar refractivity (Wildman–Crippen MR) is 84.2 cm³/mol. The van der Waals surface area contributed by atoms with Crippen LogP contribution in [0.25, 0.3) is 0 Å². The van der Waals surface area contributed by atoms with Gasteiger partial charge in [0.1, 0.15) is 5.75 Å².